The monoisotopic (exact) mass is 340 g/mol. The van der Waals surface area contributed by atoms with E-state index in [0.29, 0.717) is 0 Å². The number of benzene rings is 1. The van der Waals surface area contributed by atoms with Crippen molar-refractivity contribution in [3.63, 3.8) is 0 Å². The molecular weight excluding hydrogens is 308 g/mol. The molecular formula is C20H33ClO2. The van der Waals surface area contributed by atoms with Crippen LogP contribution in [-0.4, -0.2) is 20.0 Å². The van der Waals surface area contributed by atoms with Gasteiger partial charge >= 0.3 is 0 Å². The van der Waals surface area contributed by atoms with Crippen LogP contribution in [0.2, 0.25) is 5.02 Å². The van der Waals surface area contributed by atoms with Crippen molar-refractivity contribution in [3.05, 3.63) is 34.9 Å². The van der Waals surface area contributed by atoms with Crippen molar-refractivity contribution in [2.45, 2.75) is 76.9 Å². The zero-order valence-electron chi connectivity index (χ0n) is 15.1. The maximum atomic E-state index is 6.05. The van der Waals surface area contributed by atoms with Gasteiger partial charge in [-0.05, 0) is 30.5 Å². The molecule has 0 N–H and O–H groups in total. The molecule has 2 nitrogen and oxygen atoms in total. The van der Waals surface area contributed by atoms with E-state index in [2.05, 4.69) is 13.0 Å². The summed E-state index contributed by atoms with van der Waals surface area (Å²) in [6.07, 6.45) is 11.8. The Morgan fingerprint density at radius 2 is 1.57 bits per heavy atom. The van der Waals surface area contributed by atoms with E-state index in [9.17, 15) is 0 Å². The van der Waals surface area contributed by atoms with Crippen molar-refractivity contribution in [1.82, 2.24) is 0 Å². The van der Waals surface area contributed by atoms with Crippen LogP contribution in [-0.2, 0) is 15.9 Å². The topological polar surface area (TPSA) is 18.5 Å². The molecule has 0 aliphatic rings. The fraction of sp³-hybridized carbons (Fsp3) is 0.700. The highest BCUT2D eigenvalue weighted by Crippen LogP contribution is 2.27. The van der Waals surface area contributed by atoms with Crippen molar-refractivity contribution < 1.29 is 9.47 Å². The Bertz CT molecular complexity index is 416. The summed E-state index contributed by atoms with van der Waals surface area (Å²) in [6.45, 7) is 2.26. The van der Waals surface area contributed by atoms with E-state index in [1.54, 1.807) is 14.2 Å². The van der Waals surface area contributed by atoms with E-state index in [0.717, 1.165) is 30.7 Å². The number of halogens is 1. The molecule has 0 aliphatic carbocycles. The first-order valence-electron chi connectivity index (χ1n) is 9.00. The molecule has 1 aromatic carbocycles. The lowest BCUT2D eigenvalue weighted by molar-refractivity contribution is -0.215. The Hall–Kier alpha value is -0.570. The van der Waals surface area contributed by atoms with Gasteiger partial charge in [-0.3, -0.25) is 0 Å². The number of hydrogen-bond acceptors (Lipinski definition) is 2. The molecule has 1 aromatic rings. The summed E-state index contributed by atoms with van der Waals surface area (Å²) in [6, 6.07) is 8.03. The molecule has 23 heavy (non-hydrogen) atoms. The third-order valence-corrected chi connectivity index (χ3v) is 4.82. The Morgan fingerprint density at radius 1 is 0.913 bits per heavy atom. The summed E-state index contributed by atoms with van der Waals surface area (Å²) in [7, 11) is 3.51. The Kier molecular flexibility index (Phi) is 10.6. The van der Waals surface area contributed by atoms with Gasteiger partial charge in [0.25, 0.3) is 0 Å². The molecule has 0 unspecified atom stereocenters. The average Bonchev–Trinajstić information content (AvgIpc) is 2.57. The molecule has 0 saturated heterocycles. The minimum Gasteiger partial charge on any atom is -0.353 e. The second-order valence-corrected chi connectivity index (χ2v) is 6.76. The maximum absolute atomic E-state index is 6.05. The average molecular weight is 341 g/mol. The third kappa shape index (κ3) is 8.19. The van der Waals surface area contributed by atoms with Crippen LogP contribution in [0, 0.1) is 0 Å². The quantitative estimate of drug-likeness (QED) is 0.305. The first-order chi connectivity index (χ1) is 11.2. The smallest absolute Gasteiger partial charge is 0.167 e. The van der Waals surface area contributed by atoms with Crippen LogP contribution in [0.3, 0.4) is 0 Å². The van der Waals surface area contributed by atoms with Gasteiger partial charge in [-0.15, -0.1) is 0 Å². The fourth-order valence-corrected chi connectivity index (χ4v) is 3.21. The van der Waals surface area contributed by atoms with Crippen molar-refractivity contribution in [2.24, 2.45) is 0 Å². The molecule has 0 aliphatic heterocycles. The van der Waals surface area contributed by atoms with Crippen LogP contribution in [0.25, 0.3) is 0 Å². The van der Waals surface area contributed by atoms with E-state index in [4.69, 9.17) is 21.1 Å². The largest absolute Gasteiger partial charge is 0.353 e. The minimum atomic E-state index is -0.467. The second-order valence-electron chi connectivity index (χ2n) is 6.32. The van der Waals surface area contributed by atoms with E-state index in [1.807, 2.05) is 18.2 Å². The van der Waals surface area contributed by atoms with Crippen LogP contribution >= 0.6 is 11.6 Å². The van der Waals surface area contributed by atoms with Crippen LogP contribution in [0.4, 0.5) is 0 Å². The van der Waals surface area contributed by atoms with E-state index in [-0.39, 0.29) is 0 Å². The maximum Gasteiger partial charge on any atom is 0.167 e. The zero-order chi connectivity index (χ0) is 17.0. The predicted molar refractivity (Wildman–Crippen MR) is 99.1 cm³/mol. The van der Waals surface area contributed by atoms with E-state index >= 15 is 0 Å². The highest BCUT2D eigenvalue weighted by atomic mass is 35.5. The molecule has 3 heteroatoms. The lowest BCUT2D eigenvalue weighted by Gasteiger charge is -2.31. The van der Waals surface area contributed by atoms with Gasteiger partial charge in [0.2, 0.25) is 0 Å². The summed E-state index contributed by atoms with van der Waals surface area (Å²) in [5.41, 5.74) is 1.23. The van der Waals surface area contributed by atoms with Crippen molar-refractivity contribution in [2.75, 3.05) is 14.2 Å². The van der Waals surface area contributed by atoms with Crippen LogP contribution in [0.5, 0.6) is 0 Å². The van der Waals surface area contributed by atoms with Crippen LogP contribution in [0.1, 0.15) is 70.3 Å². The molecule has 0 bridgehead atoms. The molecule has 0 radical (unpaired) electrons. The fourth-order valence-electron chi connectivity index (χ4n) is 3.00. The Morgan fingerprint density at radius 3 is 2.17 bits per heavy atom. The number of unbranched alkanes of at least 4 members (excludes halogenated alkanes) is 6. The number of ether oxygens (including phenoxy) is 2. The van der Waals surface area contributed by atoms with Crippen molar-refractivity contribution in [3.8, 4) is 0 Å². The third-order valence-electron chi connectivity index (χ3n) is 4.59. The minimum absolute atomic E-state index is 0.467. The summed E-state index contributed by atoms with van der Waals surface area (Å²) >= 11 is 6.05. The first kappa shape index (κ1) is 20.5. The number of aryl methyl sites for hydroxylation is 1. The summed E-state index contributed by atoms with van der Waals surface area (Å²) < 4.78 is 11.5. The number of hydrogen-bond donors (Lipinski definition) is 0. The SMILES string of the molecule is CCCCCCCCCC(CCc1cccc(Cl)c1)(OC)OC. The molecule has 0 amide bonds. The van der Waals surface area contributed by atoms with Crippen molar-refractivity contribution in [1.29, 1.82) is 0 Å². The summed E-state index contributed by atoms with van der Waals surface area (Å²) in [4.78, 5) is 0. The highest BCUT2D eigenvalue weighted by Gasteiger charge is 2.28. The van der Waals surface area contributed by atoms with Gasteiger partial charge in [0.15, 0.2) is 5.79 Å². The normalized spacial score (nSPS) is 11.8. The molecule has 0 saturated carbocycles. The molecule has 0 fully saturated rings. The Balaban J connectivity index is 2.36. The van der Waals surface area contributed by atoms with Crippen LogP contribution in [0.15, 0.2) is 24.3 Å². The van der Waals surface area contributed by atoms with Gasteiger partial charge in [0.1, 0.15) is 0 Å². The van der Waals surface area contributed by atoms with Gasteiger partial charge in [0.05, 0.1) is 0 Å². The number of methoxy groups -OCH3 is 2. The summed E-state index contributed by atoms with van der Waals surface area (Å²) in [5.74, 6) is -0.467. The number of rotatable bonds is 13. The molecule has 0 atom stereocenters. The molecule has 0 spiro atoms. The molecule has 0 aromatic heterocycles. The standard InChI is InChI=1S/C20H33ClO2/c1-4-5-6-7-8-9-10-15-20(22-2,23-3)16-14-18-12-11-13-19(21)17-18/h11-13,17H,4-10,14-16H2,1-3H3. The second kappa shape index (κ2) is 11.9. The predicted octanol–water partition coefficient (Wildman–Crippen LogP) is 6.40. The highest BCUT2D eigenvalue weighted by molar-refractivity contribution is 6.30. The van der Waals surface area contributed by atoms with Gasteiger partial charge < -0.3 is 9.47 Å². The summed E-state index contributed by atoms with van der Waals surface area (Å²) in [5, 5.41) is 0.787. The lowest BCUT2D eigenvalue weighted by atomic mass is 9.98. The lowest BCUT2D eigenvalue weighted by Crippen LogP contribution is -2.34. The molecule has 132 valence electrons. The van der Waals surface area contributed by atoms with E-state index in [1.165, 1.54) is 44.1 Å². The first-order valence-corrected chi connectivity index (χ1v) is 9.38. The van der Waals surface area contributed by atoms with E-state index < -0.39 is 5.79 Å². The zero-order valence-corrected chi connectivity index (χ0v) is 15.8. The molecule has 0 heterocycles. The van der Waals surface area contributed by atoms with Gasteiger partial charge in [-0.2, -0.15) is 0 Å². The van der Waals surface area contributed by atoms with Gasteiger partial charge in [-0.25, -0.2) is 0 Å². The van der Waals surface area contributed by atoms with Gasteiger partial charge in [0, 0.05) is 32.1 Å². The molecule has 1 rings (SSSR count). The van der Waals surface area contributed by atoms with Crippen molar-refractivity contribution >= 4 is 11.6 Å². The Labute approximate surface area is 147 Å². The van der Waals surface area contributed by atoms with Gasteiger partial charge in [-0.1, -0.05) is 69.2 Å². The van der Waals surface area contributed by atoms with Crippen LogP contribution < -0.4 is 0 Å².